The molecule has 1 aliphatic rings. The van der Waals surface area contributed by atoms with Crippen LogP contribution in [0.5, 0.6) is 0 Å². The van der Waals surface area contributed by atoms with Crippen molar-refractivity contribution in [3.63, 3.8) is 0 Å². The van der Waals surface area contributed by atoms with Crippen LogP contribution in [0.3, 0.4) is 0 Å². The fourth-order valence-electron chi connectivity index (χ4n) is 2.57. The van der Waals surface area contributed by atoms with Gasteiger partial charge in [0.05, 0.1) is 4.99 Å². The summed E-state index contributed by atoms with van der Waals surface area (Å²) in [6.45, 7) is 2.05. The fourth-order valence-corrected chi connectivity index (χ4v) is 2.74. The Kier molecular flexibility index (Phi) is 4.20. The van der Waals surface area contributed by atoms with Gasteiger partial charge in [-0.1, -0.05) is 44.1 Å². The maximum atomic E-state index is 12.2. The number of benzene rings is 1. The Morgan fingerprint density at radius 3 is 2.42 bits per heavy atom. The lowest BCUT2D eigenvalue weighted by Crippen LogP contribution is -2.30. The summed E-state index contributed by atoms with van der Waals surface area (Å²) < 4.78 is 0. The molecule has 1 fully saturated rings. The molecule has 19 heavy (non-hydrogen) atoms. The summed E-state index contributed by atoms with van der Waals surface area (Å²) in [6.07, 6.45) is 4.87. The van der Waals surface area contributed by atoms with Crippen molar-refractivity contribution in [1.29, 1.82) is 0 Å². The van der Waals surface area contributed by atoms with Gasteiger partial charge in [0.2, 0.25) is 5.91 Å². The molecule has 1 aliphatic carbocycles. The predicted molar refractivity (Wildman–Crippen MR) is 82.1 cm³/mol. The molecule has 0 aliphatic heterocycles. The lowest BCUT2D eigenvalue weighted by atomic mass is 9.88. The van der Waals surface area contributed by atoms with E-state index in [2.05, 4.69) is 12.2 Å². The molecule has 1 aromatic carbocycles. The van der Waals surface area contributed by atoms with Crippen molar-refractivity contribution in [2.45, 2.75) is 39.0 Å². The topological polar surface area (TPSA) is 55.1 Å². The molecule has 0 unspecified atom stereocenters. The second kappa shape index (κ2) is 5.70. The molecule has 102 valence electrons. The first-order valence-electron chi connectivity index (χ1n) is 6.68. The highest BCUT2D eigenvalue weighted by atomic mass is 32.1. The van der Waals surface area contributed by atoms with E-state index in [9.17, 15) is 4.79 Å². The molecule has 2 rings (SSSR count). The summed E-state index contributed by atoms with van der Waals surface area (Å²) >= 11 is 4.88. The molecule has 0 spiro atoms. The zero-order valence-electron chi connectivity index (χ0n) is 11.2. The smallest absolute Gasteiger partial charge is 0.230 e. The Hall–Kier alpha value is -1.42. The van der Waals surface area contributed by atoms with Crippen molar-refractivity contribution in [3.8, 4) is 0 Å². The number of amides is 1. The average Bonchev–Trinajstić information content (AvgIpc) is 2.79. The third kappa shape index (κ3) is 3.53. The lowest BCUT2D eigenvalue weighted by Gasteiger charge is -2.22. The van der Waals surface area contributed by atoms with Crippen molar-refractivity contribution < 1.29 is 4.79 Å². The van der Waals surface area contributed by atoms with E-state index in [1.807, 2.05) is 24.3 Å². The van der Waals surface area contributed by atoms with E-state index in [4.69, 9.17) is 18.0 Å². The normalized spacial score (nSPS) is 17.1. The molecule has 0 heterocycles. The first kappa shape index (κ1) is 14.0. The molecule has 3 N–H and O–H groups in total. The SMILES string of the molecule is CC1(C(=O)Nc2ccc(CC(N)=S)cc2)CCCC1. The maximum absolute atomic E-state index is 12.2. The van der Waals surface area contributed by atoms with Gasteiger partial charge in [0.25, 0.3) is 0 Å². The molecule has 1 amide bonds. The maximum Gasteiger partial charge on any atom is 0.230 e. The van der Waals surface area contributed by atoms with Crippen molar-refractivity contribution in [3.05, 3.63) is 29.8 Å². The highest BCUT2D eigenvalue weighted by Gasteiger charge is 2.36. The molecule has 0 saturated heterocycles. The van der Waals surface area contributed by atoms with Crippen LogP contribution >= 0.6 is 12.2 Å². The van der Waals surface area contributed by atoms with E-state index in [0.717, 1.165) is 36.9 Å². The van der Waals surface area contributed by atoms with Gasteiger partial charge in [-0.2, -0.15) is 0 Å². The monoisotopic (exact) mass is 276 g/mol. The van der Waals surface area contributed by atoms with Crippen molar-refractivity contribution >= 4 is 28.8 Å². The Balaban J connectivity index is 1.99. The van der Waals surface area contributed by atoms with Crippen LogP contribution in [0.1, 0.15) is 38.2 Å². The van der Waals surface area contributed by atoms with Crippen LogP contribution in [0, 0.1) is 5.41 Å². The first-order chi connectivity index (χ1) is 8.99. The molecule has 3 nitrogen and oxygen atoms in total. The van der Waals surface area contributed by atoms with Gasteiger partial charge in [-0.05, 0) is 30.5 Å². The van der Waals surface area contributed by atoms with Crippen LogP contribution in [0.15, 0.2) is 24.3 Å². The van der Waals surface area contributed by atoms with Gasteiger partial charge in [0.15, 0.2) is 0 Å². The van der Waals surface area contributed by atoms with Crippen LogP contribution < -0.4 is 11.1 Å². The minimum Gasteiger partial charge on any atom is -0.393 e. The zero-order valence-corrected chi connectivity index (χ0v) is 12.1. The fraction of sp³-hybridized carbons (Fsp3) is 0.467. The van der Waals surface area contributed by atoms with E-state index < -0.39 is 0 Å². The molecule has 1 aromatic rings. The number of rotatable bonds is 4. The second-order valence-corrected chi connectivity index (χ2v) is 6.09. The van der Waals surface area contributed by atoms with E-state index in [-0.39, 0.29) is 11.3 Å². The van der Waals surface area contributed by atoms with Crippen LogP contribution in [0.4, 0.5) is 5.69 Å². The minimum absolute atomic E-state index is 0.132. The molecule has 0 atom stereocenters. The molecule has 0 aromatic heterocycles. The standard InChI is InChI=1S/C15H20N2OS/c1-15(8-2-3-9-15)14(18)17-12-6-4-11(5-7-12)10-13(16)19/h4-7H,2-3,8-10H2,1H3,(H2,16,19)(H,17,18). The summed E-state index contributed by atoms with van der Waals surface area (Å²) in [4.78, 5) is 12.7. The number of carbonyl (C=O) groups is 1. The zero-order chi connectivity index (χ0) is 13.9. The van der Waals surface area contributed by atoms with Gasteiger partial charge in [0, 0.05) is 17.5 Å². The van der Waals surface area contributed by atoms with E-state index >= 15 is 0 Å². The lowest BCUT2D eigenvalue weighted by molar-refractivity contribution is -0.124. The van der Waals surface area contributed by atoms with E-state index in [0.29, 0.717) is 11.4 Å². The molecular weight excluding hydrogens is 256 g/mol. The summed E-state index contributed by atoms with van der Waals surface area (Å²) in [5.74, 6) is 0.132. The van der Waals surface area contributed by atoms with Crippen LogP contribution in [-0.2, 0) is 11.2 Å². The summed E-state index contributed by atoms with van der Waals surface area (Å²) in [7, 11) is 0. The van der Waals surface area contributed by atoms with Gasteiger partial charge >= 0.3 is 0 Å². The number of hydrogen-bond acceptors (Lipinski definition) is 2. The van der Waals surface area contributed by atoms with Gasteiger partial charge in [-0.3, -0.25) is 4.79 Å². The van der Waals surface area contributed by atoms with Gasteiger partial charge in [0.1, 0.15) is 0 Å². The third-order valence-electron chi connectivity index (χ3n) is 3.85. The summed E-state index contributed by atoms with van der Waals surface area (Å²) in [6, 6.07) is 7.71. The number of anilines is 1. The van der Waals surface area contributed by atoms with Crippen LogP contribution in [-0.4, -0.2) is 10.9 Å². The molecular formula is C15H20N2OS. The molecule has 4 heteroatoms. The molecule has 1 saturated carbocycles. The van der Waals surface area contributed by atoms with Gasteiger partial charge in [-0.15, -0.1) is 0 Å². The van der Waals surface area contributed by atoms with Crippen molar-refractivity contribution in [2.75, 3.05) is 5.32 Å². The summed E-state index contributed by atoms with van der Waals surface area (Å²) in [5.41, 5.74) is 7.21. The minimum atomic E-state index is -0.197. The largest absolute Gasteiger partial charge is 0.393 e. The number of nitrogens with two attached hydrogens (primary N) is 1. The Morgan fingerprint density at radius 1 is 1.32 bits per heavy atom. The van der Waals surface area contributed by atoms with Crippen molar-refractivity contribution in [1.82, 2.24) is 0 Å². The van der Waals surface area contributed by atoms with Crippen LogP contribution in [0.25, 0.3) is 0 Å². The molecule has 0 radical (unpaired) electrons. The highest BCUT2D eigenvalue weighted by Crippen LogP contribution is 2.38. The van der Waals surface area contributed by atoms with Crippen LogP contribution in [0.2, 0.25) is 0 Å². The van der Waals surface area contributed by atoms with Gasteiger partial charge in [-0.25, -0.2) is 0 Å². The third-order valence-corrected chi connectivity index (χ3v) is 3.99. The average molecular weight is 276 g/mol. The first-order valence-corrected chi connectivity index (χ1v) is 7.09. The van der Waals surface area contributed by atoms with E-state index in [1.165, 1.54) is 0 Å². The van der Waals surface area contributed by atoms with Gasteiger partial charge < -0.3 is 11.1 Å². The second-order valence-electron chi connectivity index (χ2n) is 5.56. The summed E-state index contributed by atoms with van der Waals surface area (Å²) in [5, 5.41) is 3.00. The quantitative estimate of drug-likeness (QED) is 0.831. The Labute approximate surface area is 119 Å². The molecule has 0 bridgehead atoms. The number of hydrogen-bond donors (Lipinski definition) is 2. The Bertz CT molecular complexity index is 475. The Morgan fingerprint density at radius 2 is 1.89 bits per heavy atom. The number of carbonyl (C=O) groups excluding carboxylic acids is 1. The predicted octanol–water partition coefficient (Wildman–Crippen LogP) is 3.03. The van der Waals surface area contributed by atoms with Crippen molar-refractivity contribution in [2.24, 2.45) is 11.1 Å². The number of nitrogens with one attached hydrogen (secondary N) is 1. The van der Waals surface area contributed by atoms with E-state index in [1.54, 1.807) is 0 Å². The number of thiocarbonyl (C=S) groups is 1. The highest BCUT2D eigenvalue weighted by molar-refractivity contribution is 7.80.